The van der Waals surface area contributed by atoms with Crippen LogP contribution in [0.2, 0.25) is 0 Å². The number of hydrogen-bond donors (Lipinski definition) is 0. The molecule has 85 valence electrons. The lowest BCUT2D eigenvalue weighted by Gasteiger charge is -2.27. The third-order valence-corrected chi connectivity index (χ3v) is 2.36. The molecule has 0 aromatic carbocycles. The molecule has 15 heavy (non-hydrogen) atoms. The van der Waals surface area contributed by atoms with Gasteiger partial charge in [-0.05, 0) is 12.8 Å². The Labute approximate surface area is 95.2 Å². The summed E-state index contributed by atoms with van der Waals surface area (Å²) >= 11 is 0. The van der Waals surface area contributed by atoms with Crippen LogP contribution in [0, 0.1) is 6.42 Å². The minimum atomic E-state index is 0.340. The smallest absolute Gasteiger partial charge is 0.0313 e. The summed E-state index contributed by atoms with van der Waals surface area (Å²) < 4.78 is 0. The third kappa shape index (κ3) is 6.29. The van der Waals surface area contributed by atoms with Crippen molar-refractivity contribution >= 4 is 0 Å². The van der Waals surface area contributed by atoms with E-state index in [2.05, 4.69) is 38.0 Å². The summed E-state index contributed by atoms with van der Waals surface area (Å²) in [5.74, 6) is 0. The van der Waals surface area contributed by atoms with Gasteiger partial charge < -0.3 is 0 Å². The molecule has 0 bridgehead atoms. The summed E-state index contributed by atoms with van der Waals surface area (Å²) in [5, 5.41) is 0. The van der Waals surface area contributed by atoms with Crippen molar-refractivity contribution in [3.8, 4) is 0 Å². The Kier molecular flexibility index (Phi) is 9.19. The topological polar surface area (TPSA) is 3.24 Å². The van der Waals surface area contributed by atoms with Crippen molar-refractivity contribution in [1.29, 1.82) is 0 Å². The van der Waals surface area contributed by atoms with E-state index in [4.69, 9.17) is 0 Å². The van der Waals surface area contributed by atoms with Gasteiger partial charge in [-0.25, -0.2) is 0 Å². The van der Waals surface area contributed by atoms with Crippen LogP contribution in [-0.4, -0.2) is 24.0 Å². The van der Waals surface area contributed by atoms with E-state index in [1.165, 1.54) is 12.8 Å². The summed E-state index contributed by atoms with van der Waals surface area (Å²) in [5.41, 5.74) is 0. The van der Waals surface area contributed by atoms with Crippen molar-refractivity contribution in [2.75, 3.05) is 13.1 Å². The Bertz CT molecular complexity index is 174. The van der Waals surface area contributed by atoms with E-state index in [1.54, 1.807) is 0 Å². The Morgan fingerprint density at radius 2 is 1.73 bits per heavy atom. The van der Waals surface area contributed by atoms with Crippen LogP contribution < -0.4 is 0 Å². The first-order chi connectivity index (χ1) is 7.29. The van der Waals surface area contributed by atoms with E-state index in [9.17, 15) is 0 Å². The van der Waals surface area contributed by atoms with Gasteiger partial charge in [0.1, 0.15) is 0 Å². The monoisotopic (exact) mass is 206 g/mol. The van der Waals surface area contributed by atoms with Crippen LogP contribution in [-0.2, 0) is 0 Å². The van der Waals surface area contributed by atoms with E-state index in [0.29, 0.717) is 6.04 Å². The van der Waals surface area contributed by atoms with Crippen LogP contribution in [0.15, 0.2) is 38.0 Å². The summed E-state index contributed by atoms with van der Waals surface area (Å²) in [7, 11) is 0. The Morgan fingerprint density at radius 3 is 2.13 bits per heavy atom. The molecule has 0 spiro atoms. The van der Waals surface area contributed by atoms with E-state index < -0.39 is 0 Å². The minimum absolute atomic E-state index is 0.340. The molecule has 0 saturated heterocycles. The second kappa shape index (κ2) is 9.72. The highest BCUT2D eigenvalue weighted by molar-refractivity contribution is 5.00. The zero-order valence-electron chi connectivity index (χ0n) is 9.99. The van der Waals surface area contributed by atoms with E-state index in [-0.39, 0.29) is 0 Å². The van der Waals surface area contributed by atoms with Crippen molar-refractivity contribution in [3.05, 3.63) is 44.4 Å². The average Bonchev–Trinajstić information content (AvgIpc) is 2.24. The molecule has 1 unspecified atom stereocenters. The quantitative estimate of drug-likeness (QED) is 0.390. The van der Waals surface area contributed by atoms with E-state index in [1.807, 2.05) is 18.2 Å². The van der Waals surface area contributed by atoms with Gasteiger partial charge in [0, 0.05) is 19.1 Å². The molecule has 0 aliphatic carbocycles. The first-order valence-corrected chi connectivity index (χ1v) is 5.71. The summed E-state index contributed by atoms with van der Waals surface area (Å²) in [6.07, 6.45) is 11.8. The van der Waals surface area contributed by atoms with Gasteiger partial charge in [0.05, 0.1) is 0 Å². The normalized spacial score (nSPS) is 12.4. The zero-order valence-corrected chi connectivity index (χ0v) is 9.99. The summed E-state index contributed by atoms with van der Waals surface area (Å²) in [6.45, 7) is 15.4. The number of nitrogens with zero attached hydrogens (tertiary/aromatic N) is 1. The molecule has 0 saturated carbocycles. The van der Waals surface area contributed by atoms with Crippen LogP contribution in [0.4, 0.5) is 0 Å². The largest absolute Gasteiger partial charge is 0.289 e. The van der Waals surface area contributed by atoms with Gasteiger partial charge in [0.2, 0.25) is 0 Å². The van der Waals surface area contributed by atoms with E-state index >= 15 is 0 Å². The second-order valence-corrected chi connectivity index (χ2v) is 3.64. The zero-order chi connectivity index (χ0) is 11.5. The standard InChI is InChI=1S/C14H24N/c1-5-9-10-11-14(8-4)15(12-6-2)13-7-3/h6-8,11,14H,2-5,9-10,12-13H2,1H3. The molecule has 0 amide bonds. The molecule has 0 fully saturated rings. The van der Waals surface area contributed by atoms with Gasteiger partial charge in [-0.15, -0.1) is 19.7 Å². The third-order valence-electron chi connectivity index (χ3n) is 2.36. The highest BCUT2D eigenvalue weighted by atomic mass is 15.1. The van der Waals surface area contributed by atoms with Crippen molar-refractivity contribution in [1.82, 2.24) is 4.90 Å². The van der Waals surface area contributed by atoms with Crippen LogP contribution in [0.1, 0.15) is 26.2 Å². The van der Waals surface area contributed by atoms with Crippen molar-refractivity contribution in [2.24, 2.45) is 0 Å². The fraction of sp³-hybridized carbons (Fsp3) is 0.500. The summed E-state index contributed by atoms with van der Waals surface area (Å²) in [4.78, 5) is 2.29. The predicted molar refractivity (Wildman–Crippen MR) is 69.8 cm³/mol. The molecule has 0 rings (SSSR count). The number of hydrogen-bond acceptors (Lipinski definition) is 1. The Morgan fingerprint density at radius 1 is 1.13 bits per heavy atom. The maximum absolute atomic E-state index is 3.88. The molecule has 0 aromatic rings. The number of rotatable bonds is 10. The number of unbranched alkanes of at least 4 members (excludes halogenated alkanes) is 2. The lowest BCUT2D eigenvalue weighted by molar-refractivity contribution is 0.301. The summed E-state index contributed by atoms with van der Waals surface area (Å²) in [6, 6.07) is 0.340. The molecular weight excluding hydrogens is 182 g/mol. The average molecular weight is 206 g/mol. The first-order valence-electron chi connectivity index (χ1n) is 5.71. The first kappa shape index (κ1) is 14.2. The lowest BCUT2D eigenvalue weighted by atomic mass is 10.1. The van der Waals surface area contributed by atoms with Crippen LogP contribution in [0.3, 0.4) is 0 Å². The maximum atomic E-state index is 3.88. The van der Waals surface area contributed by atoms with Gasteiger partial charge in [-0.1, -0.05) is 38.0 Å². The van der Waals surface area contributed by atoms with Gasteiger partial charge >= 0.3 is 0 Å². The highest BCUT2D eigenvalue weighted by Gasteiger charge is 2.11. The fourth-order valence-corrected chi connectivity index (χ4v) is 1.54. The van der Waals surface area contributed by atoms with Crippen molar-refractivity contribution in [3.63, 3.8) is 0 Å². The molecule has 1 nitrogen and oxygen atoms in total. The van der Waals surface area contributed by atoms with Crippen LogP contribution >= 0.6 is 0 Å². The molecule has 0 aliphatic rings. The molecule has 0 N–H and O–H groups in total. The molecule has 0 heterocycles. The second-order valence-electron chi connectivity index (χ2n) is 3.64. The molecule has 0 aromatic heterocycles. The maximum Gasteiger partial charge on any atom is 0.0313 e. The fourth-order valence-electron chi connectivity index (χ4n) is 1.54. The van der Waals surface area contributed by atoms with Gasteiger partial charge in [0.25, 0.3) is 0 Å². The minimum Gasteiger partial charge on any atom is -0.289 e. The van der Waals surface area contributed by atoms with Gasteiger partial charge in [-0.3, -0.25) is 4.90 Å². The molecule has 1 atom stereocenters. The Hall–Kier alpha value is -0.820. The highest BCUT2D eigenvalue weighted by Crippen LogP contribution is 2.10. The van der Waals surface area contributed by atoms with Crippen molar-refractivity contribution < 1.29 is 0 Å². The lowest BCUT2D eigenvalue weighted by Crippen LogP contribution is -2.34. The molecular formula is C14H24N. The SMILES string of the molecule is C=CCN(CC=C)C([CH]CCCC)C=C. The Balaban J connectivity index is 4.10. The van der Waals surface area contributed by atoms with Gasteiger partial charge in [0.15, 0.2) is 0 Å². The molecule has 0 aliphatic heterocycles. The van der Waals surface area contributed by atoms with E-state index in [0.717, 1.165) is 19.5 Å². The predicted octanol–water partition coefficient (Wildman–Crippen LogP) is 3.61. The molecule has 1 radical (unpaired) electrons. The van der Waals surface area contributed by atoms with Crippen LogP contribution in [0.5, 0.6) is 0 Å². The van der Waals surface area contributed by atoms with Crippen LogP contribution in [0.25, 0.3) is 0 Å². The van der Waals surface area contributed by atoms with Gasteiger partial charge in [-0.2, -0.15) is 0 Å². The van der Waals surface area contributed by atoms with Crippen molar-refractivity contribution in [2.45, 2.75) is 32.2 Å². The molecule has 1 heteroatoms.